The Morgan fingerprint density at radius 1 is 0.588 bits per heavy atom. The van der Waals surface area contributed by atoms with Crippen LogP contribution in [0.4, 0.5) is 0 Å². The van der Waals surface area contributed by atoms with Crippen LogP contribution in [0.2, 0.25) is 0 Å². The van der Waals surface area contributed by atoms with Crippen LogP contribution in [0.1, 0.15) is 80.1 Å². The third-order valence-corrected chi connectivity index (χ3v) is 5.77. The van der Waals surface area contributed by atoms with Gasteiger partial charge < -0.3 is 33.5 Å². The molecule has 0 aliphatic carbocycles. The average molecular weight is 491 g/mol. The summed E-state index contributed by atoms with van der Waals surface area (Å²) >= 11 is 0. The van der Waals surface area contributed by atoms with Crippen molar-refractivity contribution >= 4 is 0 Å². The molecule has 0 aliphatic rings. The number of hydrogen-bond acceptors (Lipinski definition) is 7. The van der Waals surface area contributed by atoms with E-state index in [1.54, 1.807) is 0 Å². The zero-order valence-electron chi connectivity index (χ0n) is 22.9. The van der Waals surface area contributed by atoms with Gasteiger partial charge in [-0.15, -0.1) is 6.58 Å². The highest BCUT2D eigenvalue weighted by Crippen LogP contribution is 2.11. The summed E-state index contributed by atoms with van der Waals surface area (Å²) in [4.78, 5) is 0. The van der Waals surface area contributed by atoms with Gasteiger partial charge in [0.1, 0.15) is 0 Å². The maximum Gasteiger partial charge on any atom is 0.0807 e. The van der Waals surface area contributed by atoms with Crippen molar-refractivity contribution in [3.05, 3.63) is 12.2 Å². The topological polar surface area (TPSA) is 75.6 Å². The van der Waals surface area contributed by atoms with Crippen LogP contribution in [-0.4, -0.2) is 88.5 Å². The minimum atomic E-state index is 0.000248. The molecule has 0 aromatic rings. The molecule has 5 atom stereocenters. The Morgan fingerprint density at radius 2 is 0.941 bits per heavy atom. The predicted octanol–water partition coefficient (Wildman–Crippen LogP) is 4.94. The summed E-state index contributed by atoms with van der Waals surface area (Å²) in [5, 5.41) is 8.93. The molecule has 0 saturated heterocycles. The normalized spacial score (nSPS) is 16.2. The van der Waals surface area contributed by atoms with Gasteiger partial charge in [0.15, 0.2) is 0 Å². The summed E-state index contributed by atoms with van der Waals surface area (Å²) in [5.74, 6) is 0. The van der Waals surface area contributed by atoms with E-state index in [2.05, 4.69) is 41.2 Å². The molecule has 0 aromatic carbocycles. The first-order chi connectivity index (χ1) is 16.4. The molecule has 0 amide bonds. The Hall–Kier alpha value is -0.540. The lowest BCUT2D eigenvalue weighted by Gasteiger charge is -2.25. The quantitative estimate of drug-likeness (QED) is 0.144. The van der Waals surface area contributed by atoms with Crippen molar-refractivity contribution in [3.63, 3.8) is 0 Å². The molecule has 0 bridgehead atoms. The molecule has 0 aromatic heterocycles. The summed E-state index contributed by atoms with van der Waals surface area (Å²) < 4.78 is 35.6. The van der Waals surface area contributed by atoms with E-state index in [9.17, 15) is 0 Å². The SMILES string of the molecule is C=C(C)CCOCC(CC)OCC(CC)OCC(CC)OCC(CC)OCC(CC)OCCO. The first-order valence-electron chi connectivity index (χ1n) is 13.3. The van der Waals surface area contributed by atoms with Gasteiger partial charge in [-0.2, -0.15) is 0 Å². The number of rotatable bonds is 25. The number of hydrogen-bond donors (Lipinski definition) is 1. The molecule has 7 heteroatoms. The Morgan fingerprint density at radius 3 is 1.26 bits per heavy atom. The number of aliphatic hydroxyl groups excluding tert-OH is 1. The predicted molar refractivity (Wildman–Crippen MR) is 137 cm³/mol. The van der Waals surface area contributed by atoms with Gasteiger partial charge in [-0.05, 0) is 45.4 Å². The van der Waals surface area contributed by atoms with Crippen LogP contribution in [0.15, 0.2) is 12.2 Å². The molecule has 0 spiro atoms. The first kappa shape index (κ1) is 33.5. The Balaban J connectivity index is 4.31. The number of aliphatic hydroxyl groups is 1. The minimum absolute atomic E-state index is 0.000248. The second kappa shape index (κ2) is 22.9. The van der Waals surface area contributed by atoms with Crippen molar-refractivity contribution in [2.45, 2.75) is 111 Å². The fourth-order valence-electron chi connectivity index (χ4n) is 3.07. The van der Waals surface area contributed by atoms with Gasteiger partial charge in [0, 0.05) is 0 Å². The molecule has 7 nitrogen and oxygen atoms in total. The standard InChI is InChI=1S/C27H54O7/c1-8-23(17-29-15-13-22(6)7)31-19-25(10-3)33-21-27(12-5)34-20-26(11-4)32-18-24(9-2)30-16-14-28/h23-28H,6,8-21H2,1-5,7H3. The van der Waals surface area contributed by atoms with Crippen LogP contribution in [0.25, 0.3) is 0 Å². The van der Waals surface area contributed by atoms with Crippen molar-refractivity contribution in [1.82, 2.24) is 0 Å². The fourth-order valence-corrected chi connectivity index (χ4v) is 3.07. The second-order valence-corrected chi connectivity index (χ2v) is 8.86. The van der Waals surface area contributed by atoms with E-state index in [1.807, 2.05) is 6.92 Å². The van der Waals surface area contributed by atoms with Crippen LogP contribution < -0.4 is 0 Å². The highest BCUT2D eigenvalue weighted by Gasteiger charge is 2.18. The van der Waals surface area contributed by atoms with E-state index >= 15 is 0 Å². The lowest BCUT2D eigenvalue weighted by molar-refractivity contribution is -0.114. The van der Waals surface area contributed by atoms with Crippen molar-refractivity contribution < 1.29 is 33.5 Å². The van der Waals surface area contributed by atoms with E-state index in [4.69, 9.17) is 33.5 Å². The summed E-state index contributed by atoms with van der Waals surface area (Å²) in [5.41, 5.74) is 1.13. The number of ether oxygens (including phenoxy) is 6. The van der Waals surface area contributed by atoms with E-state index < -0.39 is 0 Å². The molecule has 0 fully saturated rings. The summed E-state index contributed by atoms with van der Waals surface area (Å²) in [6.45, 7) is 20.2. The molecule has 0 rings (SSSR count). The molecule has 5 unspecified atom stereocenters. The third kappa shape index (κ3) is 17.8. The lowest BCUT2D eigenvalue weighted by atomic mass is 10.2. The van der Waals surface area contributed by atoms with Crippen molar-refractivity contribution in [3.8, 4) is 0 Å². The van der Waals surface area contributed by atoms with Crippen molar-refractivity contribution in [1.29, 1.82) is 0 Å². The molecule has 0 radical (unpaired) electrons. The van der Waals surface area contributed by atoms with Crippen LogP contribution >= 0.6 is 0 Å². The largest absolute Gasteiger partial charge is 0.394 e. The summed E-state index contributed by atoms with van der Waals surface area (Å²) in [6, 6.07) is 0. The Bertz CT molecular complexity index is 460. The van der Waals surface area contributed by atoms with Gasteiger partial charge in [-0.1, -0.05) is 40.2 Å². The zero-order valence-corrected chi connectivity index (χ0v) is 22.9. The molecule has 0 heterocycles. The molecule has 204 valence electrons. The minimum Gasteiger partial charge on any atom is -0.394 e. The average Bonchev–Trinajstić information content (AvgIpc) is 2.85. The second-order valence-electron chi connectivity index (χ2n) is 8.86. The summed E-state index contributed by atoms with van der Waals surface area (Å²) in [6.07, 6.45) is 5.42. The van der Waals surface area contributed by atoms with E-state index in [1.165, 1.54) is 0 Å². The van der Waals surface area contributed by atoms with Crippen LogP contribution in [0, 0.1) is 0 Å². The molecular weight excluding hydrogens is 436 g/mol. The van der Waals surface area contributed by atoms with E-state index in [0.717, 1.165) is 44.1 Å². The molecule has 34 heavy (non-hydrogen) atoms. The van der Waals surface area contributed by atoms with E-state index in [-0.39, 0.29) is 37.1 Å². The third-order valence-electron chi connectivity index (χ3n) is 5.77. The van der Waals surface area contributed by atoms with Crippen molar-refractivity contribution in [2.75, 3.05) is 52.9 Å². The highest BCUT2D eigenvalue weighted by molar-refractivity contribution is 4.87. The van der Waals surface area contributed by atoms with Gasteiger partial charge >= 0.3 is 0 Å². The maximum atomic E-state index is 8.93. The first-order valence-corrected chi connectivity index (χ1v) is 13.3. The van der Waals surface area contributed by atoms with Crippen LogP contribution in [0.3, 0.4) is 0 Å². The van der Waals surface area contributed by atoms with Gasteiger partial charge in [0.25, 0.3) is 0 Å². The highest BCUT2D eigenvalue weighted by atomic mass is 16.6. The van der Waals surface area contributed by atoms with Crippen molar-refractivity contribution in [2.24, 2.45) is 0 Å². The molecule has 0 saturated carbocycles. The lowest BCUT2D eigenvalue weighted by Crippen LogP contribution is -2.32. The van der Waals surface area contributed by atoms with Gasteiger partial charge in [-0.25, -0.2) is 0 Å². The summed E-state index contributed by atoms with van der Waals surface area (Å²) in [7, 11) is 0. The molecule has 1 N–H and O–H groups in total. The fraction of sp³-hybridized carbons (Fsp3) is 0.926. The van der Waals surface area contributed by atoms with Crippen LogP contribution in [-0.2, 0) is 28.4 Å². The molecular formula is C27H54O7. The Kier molecular flexibility index (Phi) is 22.5. The molecule has 0 aliphatic heterocycles. The van der Waals surface area contributed by atoms with Gasteiger partial charge in [-0.3, -0.25) is 0 Å². The monoisotopic (exact) mass is 490 g/mol. The maximum absolute atomic E-state index is 8.93. The van der Waals surface area contributed by atoms with Gasteiger partial charge in [0.2, 0.25) is 0 Å². The zero-order chi connectivity index (χ0) is 25.6. The Labute approximate surface area is 209 Å². The van der Waals surface area contributed by atoms with Crippen LogP contribution in [0.5, 0.6) is 0 Å². The van der Waals surface area contributed by atoms with Gasteiger partial charge in [0.05, 0.1) is 83.4 Å². The smallest absolute Gasteiger partial charge is 0.0807 e. The van der Waals surface area contributed by atoms with E-state index in [0.29, 0.717) is 46.2 Å².